The zero-order valence-corrected chi connectivity index (χ0v) is 10.1. The lowest BCUT2D eigenvalue weighted by atomic mass is 10.2. The summed E-state index contributed by atoms with van der Waals surface area (Å²) in [6.07, 6.45) is 1.22. The van der Waals surface area contributed by atoms with Gasteiger partial charge in [-0.3, -0.25) is 0 Å². The molecule has 0 N–H and O–H groups in total. The zero-order valence-electron chi connectivity index (χ0n) is 10.1. The maximum Gasteiger partial charge on any atom is 0.196 e. The quantitative estimate of drug-likeness (QED) is 0.752. The molecule has 3 heteroatoms. The summed E-state index contributed by atoms with van der Waals surface area (Å²) in [4.78, 5) is 9.14. The van der Waals surface area contributed by atoms with Crippen molar-refractivity contribution in [2.75, 3.05) is 27.2 Å². The van der Waals surface area contributed by atoms with Crippen molar-refractivity contribution in [1.82, 2.24) is 9.80 Å². The Kier molecular flexibility index (Phi) is 3.44. The average molecular weight is 217 g/mol. The number of hydrogen-bond donors (Lipinski definition) is 0. The molecule has 0 saturated carbocycles. The van der Waals surface area contributed by atoms with E-state index in [4.69, 9.17) is 0 Å². The van der Waals surface area contributed by atoms with Crippen LogP contribution in [0.15, 0.2) is 35.3 Å². The van der Waals surface area contributed by atoms with Crippen molar-refractivity contribution in [2.24, 2.45) is 4.99 Å². The Morgan fingerprint density at radius 3 is 2.31 bits per heavy atom. The number of hydrogen-bond acceptors (Lipinski definition) is 1. The summed E-state index contributed by atoms with van der Waals surface area (Å²) in [7, 11) is 4.22. The van der Waals surface area contributed by atoms with Crippen LogP contribution >= 0.6 is 0 Å². The Morgan fingerprint density at radius 2 is 1.69 bits per heavy atom. The fourth-order valence-electron chi connectivity index (χ4n) is 2.02. The maximum absolute atomic E-state index is 4.68. The van der Waals surface area contributed by atoms with Gasteiger partial charge in [0.25, 0.3) is 0 Å². The third-order valence-electron chi connectivity index (χ3n) is 2.92. The van der Waals surface area contributed by atoms with Gasteiger partial charge in [-0.15, -0.1) is 0 Å². The highest BCUT2D eigenvalue weighted by molar-refractivity contribution is 5.80. The Bertz CT molecular complexity index is 347. The van der Waals surface area contributed by atoms with Gasteiger partial charge in [0, 0.05) is 27.2 Å². The molecule has 3 nitrogen and oxygen atoms in total. The third kappa shape index (κ3) is 2.54. The molecule has 1 aromatic rings. The van der Waals surface area contributed by atoms with Crippen LogP contribution in [0.1, 0.15) is 12.0 Å². The summed E-state index contributed by atoms with van der Waals surface area (Å²) in [5.41, 5.74) is 1.27. The lowest BCUT2D eigenvalue weighted by Crippen LogP contribution is -2.46. The Labute approximate surface area is 97.4 Å². The van der Waals surface area contributed by atoms with Gasteiger partial charge < -0.3 is 9.80 Å². The number of benzene rings is 1. The molecule has 0 radical (unpaired) electrons. The van der Waals surface area contributed by atoms with E-state index in [0.717, 1.165) is 25.6 Å². The lowest BCUT2D eigenvalue weighted by molar-refractivity contribution is 0.316. The predicted octanol–water partition coefficient (Wildman–Crippen LogP) is 1.81. The van der Waals surface area contributed by atoms with E-state index in [-0.39, 0.29) is 0 Å². The molecule has 0 bridgehead atoms. The minimum atomic E-state index is 0.769. The molecule has 16 heavy (non-hydrogen) atoms. The second kappa shape index (κ2) is 5.01. The van der Waals surface area contributed by atoms with Crippen LogP contribution in [-0.2, 0) is 6.54 Å². The van der Waals surface area contributed by atoms with E-state index in [2.05, 4.69) is 53.2 Å². The summed E-state index contributed by atoms with van der Waals surface area (Å²) < 4.78 is 0. The fourth-order valence-corrected chi connectivity index (χ4v) is 2.02. The van der Waals surface area contributed by atoms with E-state index in [0.29, 0.717) is 0 Å². The second-order valence-corrected chi connectivity index (χ2v) is 4.30. The SMILES string of the molecule is CN1CCCN(C)C1=NCc1ccccc1. The Hall–Kier alpha value is -1.51. The summed E-state index contributed by atoms with van der Waals surface area (Å²) in [6, 6.07) is 10.4. The fraction of sp³-hybridized carbons (Fsp3) is 0.462. The van der Waals surface area contributed by atoms with E-state index in [1.807, 2.05) is 6.07 Å². The van der Waals surface area contributed by atoms with Crippen LogP contribution in [0.5, 0.6) is 0 Å². The summed E-state index contributed by atoms with van der Waals surface area (Å²) in [6.45, 7) is 2.99. The summed E-state index contributed by atoms with van der Waals surface area (Å²) in [5, 5.41) is 0. The first-order chi connectivity index (χ1) is 7.77. The zero-order chi connectivity index (χ0) is 11.4. The van der Waals surface area contributed by atoms with Gasteiger partial charge in [-0.1, -0.05) is 30.3 Å². The van der Waals surface area contributed by atoms with Gasteiger partial charge in [-0.25, -0.2) is 4.99 Å². The molecular formula is C13H19N3. The topological polar surface area (TPSA) is 18.8 Å². The van der Waals surface area contributed by atoms with Gasteiger partial charge in [0.1, 0.15) is 0 Å². The standard InChI is InChI=1S/C13H19N3/c1-15-9-6-10-16(2)13(15)14-11-12-7-4-3-5-8-12/h3-5,7-8H,6,9-11H2,1-2H3. The molecule has 0 spiro atoms. The van der Waals surface area contributed by atoms with Crippen molar-refractivity contribution in [2.45, 2.75) is 13.0 Å². The van der Waals surface area contributed by atoms with E-state index < -0.39 is 0 Å². The van der Waals surface area contributed by atoms with E-state index >= 15 is 0 Å². The monoisotopic (exact) mass is 217 g/mol. The molecule has 86 valence electrons. The van der Waals surface area contributed by atoms with Crippen LogP contribution in [0.3, 0.4) is 0 Å². The van der Waals surface area contributed by atoms with E-state index in [1.54, 1.807) is 0 Å². The van der Waals surface area contributed by atoms with Crippen LogP contribution in [0, 0.1) is 0 Å². The first-order valence-corrected chi connectivity index (χ1v) is 5.78. The van der Waals surface area contributed by atoms with Gasteiger partial charge in [0.2, 0.25) is 0 Å². The van der Waals surface area contributed by atoms with Crippen molar-refractivity contribution in [3.05, 3.63) is 35.9 Å². The molecule has 1 heterocycles. The molecule has 1 saturated heterocycles. The molecule has 0 unspecified atom stereocenters. The number of rotatable bonds is 2. The third-order valence-corrected chi connectivity index (χ3v) is 2.92. The van der Waals surface area contributed by atoms with Crippen LogP contribution in [0.2, 0.25) is 0 Å². The maximum atomic E-state index is 4.68. The predicted molar refractivity (Wildman–Crippen MR) is 67.5 cm³/mol. The number of nitrogens with zero attached hydrogens (tertiary/aromatic N) is 3. The van der Waals surface area contributed by atoms with Crippen LogP contribution in [0.4, 0.5) is 0 Å². The summed E-state index contributed by atoms with van der Waals surface area (Å²) in [5.74, 6) is 1.11. The van der Waals surface area contributed by atoms with Crippen LogP contribution < -0.4 is 0 Å². The van der Waals surface area contributed by atoms with Gasteiger partial charge in [0.05, 0.1) is 6.54 Å². The highest BCUT2D eigenvalue weighted by atomic mass is 15.4. The van der Waals surface area contributed by atoms with Crippen molar-refractivity contribution in [1.29, 1.82) is 0 Å². The minimum Gasteiger partial charge on any atom is -0.346 e. The van der Waals surface area contributed by atoms with Crippen LogP contribution in [0.25, 0.3) is 0 Å². The van der Waals surface area contributed by atoms with Crippen molar-refractivity contribution >= 4 is 5.96 Å². The van der Waals surface area contributed by atoms with Gasteiger partial charge in [-0.05, 0) is 12.0 Å². The first-order valence-electron chi connectivity index (χ1n) is 5.78. The molecule has 0 atom stereocenters. The Morgan fingerprint density at radius 1 is 1.06 bits per heavy atom. The van der Waals surface area contributed by atoms with E-state index in [1.165, 1.54) is 12.0 Å². The lowest BCUT2D eigenvalue weighted by Gasteiger charge is -2.34. The molecular weight excluding hydrogens is 198 g/mol. The molecule has 1 fully saturated rings. The largest absolute Gasteiger partial charge is 0.346 e. The average Bonchev–Trinajstić information content (AvgIpc) is 2.30. The Balaban J connectivity index is 2.05. The van der Waals surface area contributed by atoms with Crippen molar-refractivity contribution < 1.29 is 0 Å². The minimum absolute atomic E-state index is 0.769. The van der Waals surface area contributed by atoms with Crippen molar-refractivity contribution in [3.8, 4) is 0 Å². The van der Waals surface area contributed by atoms with Gasteiger partial charge >= 0.3 is 0 Å². The molecule has 0 aliphatic carbocycles. The number of guanidine groups is 1. The van der Waals surface area contributed by atoms with Crippen LogP contribution in [-0.4, -0.2) is 42.9 Å². The van der Waals surface area contributed by atoms with Crippen molar-refractivity contribution in [3.63, 3.8) is 0 Å². The van der Waals surface area contributed by atoms with Gasteiger partial charge in [-0.2, -0.15) is 0 Å². The molecule has 0 aromatic heterocycles. The smallest absolute Gasteiger partial charge is 0.196 e. The normalized spacial score (nSPS) is 16.5. The second-order valence-electron chi connectivity index (χ2n) is 4.30. The molecule has 1 aliphatic rings. The summed E-state index contributed by atoms with van der Waals surface area (Å²) >= 11 is 0. The van der Waals surface area contributed by atoms with E-state index in [9.17, 15) is 0 Å². The van der Waals surface area contributed by atoms with Gasteiger partial charge in [0.15, 0.2) is 5.96 Å². The molecule has 1 aromatic carbocycles. The first kappa shape index (κ1) is 11.0. The highest BCUT2D eigenvalue weighted by Crippen LogP contribution is 2.07. The molecule has 1 aliphatic heterocycles. The highest BCUT2D eigenvalue weighted by Gasteiger charge is 2.16. The molecule has 2 rings (SSSR count). The number of aliphatic imine (C=N–C) groups is 1. The molecule has 0 amide bonds.